The summed E-state index contributed by atoms with van der Waals surface area (Å²) in [7, 11) is 0. The van der Waals surface area contributed by atoms with Gasteiger partial charge < -0.3 is 5.32 Å². The number of halogens is 2. The Morgan fingerprint density at radius 1 is 1.50 bits per heavy atom. The number of nitrogens with zero attached hydrogens (tertiary/aromatic N) is 2. The molecular weight excluding hydrogens is 301 g/mol. The van der Waals surface area contributed by atoms with Crippen molar-refractivity contribution in [2.24, 2.45) is 0 Å². The van der Waals surface area contributed by atoms with E-state index in [4.69, 9.17) is 11.6 Å². The van der Waals surface area contributed by atoms with Crippen LogP contribution in [0.3, 0.4) is 0 Å². The van der Waals surface area contributed by atoms with Gasteiger partial charge in [0.1, 0.15) is 5.02 Å². The molecule has 2 atom stereocenters. The first-order valence-corrected chi connectivity index (χ1v) is 6.75. The summed E-state index contributed by atoms with van der Waals surface area (Å²) in [6.45, 7) is 6.89. The number of piperazine rings is 1. The summed E-state index contributed by atoms with van der Waals surface area (Å²) >= 11 is 5.82. The molecule has 0 amide bonds. The molecular formula is C13H19Cl2N3O2. The van der Waals surface area contributed by atoms with E-state index in [0.29, 0.717) is 18.6 Å². The molecule has 1 aromatic rings. The molecule has 0 bridgehead atoms. The smallest absolute Gasteiger partial charge is 0.288 e. The normalized spacial score (nSPS) is 23.1. The Balaban J connectivity index is 0.00000200. The van der Waals surface area contributed by atoms with E-state index in [1.54, 1.807) is 12.1 Å². The number of rotatable bonds is 3. The van der Waals surface area contributed by atoms with E-state index in [0.717, 1.165) is 18.7 Å². The number of nitro benzene ring substituents is 1. The van der Waals surface area contributed by atoms with E-state index in [1.165, 1.54) is 0 Å². The lowest BCUT2D eigenvalue weighted by Crippen LogP contribution is -2.53. The van der Waals surface area contributed by atoms with Gasteiger partial charge in [0, 0.05) is 37.8 Å². The number of nitro groups is 1. The van der Waals surface area contributed by atoms with Crippen molar-refractivity contribution in [2.45, 2.75) is 32.5 Å². The number of benzene rings is 1. The Labute approximate surface area is 129 Å². The minimum absolute atomic E-state index is 0. The first-order valence-electron chi connectivity index (χ1n) is 6.37. The number of hydrogen-bond donors (Lipinski definition) is 1. The molecule has 7 heteroatoms. The number of hydrogen-bond acceptors (Lipinski definition) is 4. The van der Waals surface area contributed by atoms with Crippen molar-refractivity contribution >= 4 is 29.7 Å². The molecule has 2 unspecified atom stereocenters. The standard InChI is InChI=1S/C13H18ClN3O2.ClH/c1-9-7-16(10(2)6-15-9)8-11-3-4-12(14)13(5-11)17(18)19;/h3-5,9-10,15H,6-8H2,1-2H3;1H. The van der Waals surface area contributed by atoms with Gasteiger partial charge in [0.25, 0.3) is 5.69 Å². The van der Waals surface area contributed by atoms with Crippen LogP contribution in [-0.2, 0) is 6.54 Å². The first kappa shape index (κ1) is 17.2. The molecule has 1 fully saturated rings. The van der Waals surface area contributed by atoms with Crippen LogP contribution in [0.1, 0.15) is 19.4 Å². The molecule has 0 radical (unpaired) electrons. The molecule has 0 saturated carbocycles. The monoisotopic (exact) mass is 319 g/mol. The van der Waals surface area contributed by atoms with E-state index in [1.807, 2.05) is 6.07 Å². The van der Waals surface area contributed by atoms with Gasteiger partial charge in [-0.3, -0.25) is 15.0 Å². The third-order valence-corrected chi connectivity index (χ3v) is 3.81. The van der Waals surface area contributed by atoms with Crippen LogP contribution in [0.2, 0.25) is 5.02 Å². The summed E-state index contributed by atoms with van der Waals surface area (Å²) < 4.78 is 0. The summed E-state index contributed by atoms with van der Waals surface area (Å²) in [5, 5.41) is 14.5. The van der Waals surface area contributed by atoms with Crippen LogP contribution in [0.5, 0.6) is 0 Å². The van der Waals surface area contributed by atoms with Gasteiger partial charge in [-0.2, -0.15) is 0 Å². The largest absolute Gasteiger partial charge is 0.311 e. The van der Waals surface area contributed by atoms with Crippen molar-refractivity contribution in [1.82, 2.24) is 10.2 Å². The Kier molecular flexibility index (Phi) is 6.20. The second-order valence-corrected chi connectivity index (χ2v) is 5.54. The lowest BCUT2D eigenvalue weighted by atomic mass is 10.1. The van der Waals surface area contributed by atoms with Crippen LogP contribution in [0, 0.1) is 10.1 Å². The SMILES string of the molecule is CC1CN(Cc2ccc(Cl)c([N+](=O)[O-])c2)C(C)CN1.Cl. The quantitative estimate of drug-likeness (QED) is 0.687. The molecule has 1 aliphatic rings. The minimum atomic E-state index is -0.435. The zero-order chi connectivity index (χ0) is 14.0. The fraction of sp³-hybridized carbons (Fsp3) is 0.538. The molecule has 2 rings (SSSR count). The third-order valence-electron chi connectivity index (χ3n) is 3.49. The highest BCUT2D eigenvalue weighted by atomic mass is 35.5. The molecule has 0 spiro atoms. The zero-order valence-corrected chi connectivity index (χ0v) is 13.1. The summed E-state index contributed by atoms with van der Waals surface area (Å²) in [6, 6.07) is 5.89. The van der Waals surface area contributed by atoms with Gasteiger partial charge in [0.2, 0.25) is 0 Å². The summed E-state index contributed by atoms with van der Waals surface area (Å²) in [4.78, 5) is 12.8. The highest BCUT2D eigenvalue weighted by molar-refractivity contribution is 6.32. The highest BCUT2D eigenvalue weighted by Gasteiger charge is 2.23. The molecule has 1 heterocycles. The highest BCUT2D eigenvalue weighted by Crippen LogP contribution is 2.26. The van der Waals surface area contributed by atoms with Crippen LogP contribution in [0.15, 0.2) is 18.2 Å². The summed E-state index contributed by atoms with van der Waals surface area (Å²) in [5.41, 5.74) is 0.909. The third kappa shape index (κ3) is 4.06. The summed E-state index contributed by atoms with van der Waals surface area (Å²) in [5.74, 6) is 0. The van der Waals surface area contributed by atoms with Gasteiger partial charge in [-0.1, -0.05) is 17.7 Å². The van der Waals surface area contributed by atoms with Crippen molar-refractivity contribution in [3.8, 4) is 0 Å². The maximum Gasteiger partial charge on any atom is 0.288 e. The van der Waals surface area contributed by atoms with Crippen molar-refractivity contribution in [3.63, 3.8) is 0 Å². The van der Waals surface area contributed by atoms with Gasteiger partial charge in [-0.15, -0.1) is 12.4 Å². The predicted octanol–water partition coefficient (Wildman–Crippen LogP) is 2.85. The van der Waals surface area contributed by atoms with Crippen LogP contribution in [-0.4, -0.2) is 35.0 Å². The predicted molar refractivity (Wildman–Crippen MR) is 82.7 cm³/mol. The molecule has 1 aliphatic heterocycles. The Bertz CT molecular complexity index is 485. The summed E-state index contributed by atoms with van der Waals surface area (Å²) in [6.07, 6.45) is 0. The lowest BCUT2D eigenvalue weighted by Gasteiger charge is -2.37. The van der Waals surface area contributed by atoms with Gasteiger partial charge in [0.05, 0.1) is 4.92 Å². The van der Waals surface area contributed by atoms with Gasteiger partial charge in [-0.25, -0.2) is 0 Å². The topological polar surface area (TPSA) is 58.4 Å². The number of nitrogens with one attached hydrogen (secondary N) is 1. The van der Waals surface area contributed by atoms with E-state index in [2.05, 4.69) is 24.1 Å². The van der Waals surface area contributed by atoms with E-state index < -0.39 is 4.92 Å². The van der Waals surface area contributed by atoms with Gasteiger partial charge in [-0.05, 0) is 25.5 Å². The van der Waals surface area contributed by atoms with E-state index in [-0.39, 0.29) is 23.1 Å². The van der Waals surface area contributed by atoms with Crippen molar-refractivity contribution in [1.29, 1.82) is 0 Å². The van der Waals surface area contributed by atoms with Crippen molar-refractivity contribution in [2.75, 3.05) is 13.1 Å². The molecule has 0 aromatic heterocycles. The zero-order valence-electron chi connectivity index (χ0n) is 11.5. The fourth-order valence-corrected chi connectivity index (χ4v) is 2.54. The van der Waals surface area contributed by atoms with E-state index >= 15 is 0 Å². The molecule has 20 heavy (non-hydrogen) atoms. The van der Waals surface area contributed by atoms with Gasteiger partial charge >= 0.3 is 0 Å². The maximum atomic E-state index is 10.9. The van der Waals surface area contributed by atoms with Crippen molar-refractivity contribution < 1.29 is 4.92 Å². The average molecular weight is 320 g/mol. The molecule has 112 valence electrons. The Hall–Kier alpha value is -0.880. The second kappa shape index (κ2) is 7.22. The average Bonchev–Trinajstić information content (AvgIpc) is 2.36. The second-order valence-electron chi connectivity index (χ2n) is 5.13. The Morgan fingerprint density at radius 3 is 2.85 bits per heavy atom. The molecule has 1 N–H and O–H groups in total. The van der Waals surface area contributed by atoms with Gasteiger partial charge in [0.15, 0.2) is 0 Å². The van der Waals surface area contributed by atoms with E-state index in [9.17, 15) is 10.1 Å². The molecule has 1 saturated heterocycles. The van der Waals surface area contributed by atoms with Crippen LogP contribution >= 0.6 is 24.0 Å². The van der Waals surface area contributed by atoms with Crippen LogP contribution in [0.25, 0.3) is 0 Å². The molecule has 5 nitrogen and oxygen atoms in total. The first-order chi connectivity index (χ1) is 8.97. The Morgan fingerprint density at radius 2 is 2.20 bits per heavy atom. The van der Waals surface area contributed by atoms with Crippen molar-refractivity contribution in [3.05, 3.63) is 38.9 Å². The van der Waals surface area contributed by atoms with Crippen LogP contribution in [0.4, 0.5) is 5.69 Å². The minimum Gasteiger partial charge on any atom is -0.311 e. The molecule has 1 aromatic carbocycles. The lowest BCUT2D eigenvalue weighted by molar-refractivity contribution is -0.384. The molecule has 0 aliphatic carbocycles. The maximum absolute atomic E-state index is 10.9. The van der Waals surface area contributed by atoms with Crippen LogP contribution < -0.4 is 5.32 Å². The fourth-order valence-electron chi connectivity index (χ4n) is 2.35.